The van der Waals surface area contributed by atoms with Crippen molar-refractivity contribution < 1.29 is 14.3 Å². The molecule has 0 aliphatic rings. The van der Waals surface area contributed by atoms with Crippen LogP contribution in [0.1, 0.15) is 50.9 Å². The molecule has 7 heteroatoms. The maximum absolute atomic E-state index is 13.1. The van der Waals surface area contributed by atoms with Crippen molar-refractivity contribution in [2.45, 2.75) is 32.7 Å². The van der Waals surface area contributed by atoms with Gasteiger partial charge < -0.3 is 15.0 Å². The van der Waals surface area contributed by atoms with E-state index in [9.17, 15) is 9.59 Å². The molecular weight excluding hydrogens is 422 g/mol. The van der Waals surface area contributed by atoms with E-state index < -0.39 is 0 Å². The van der Waals surface area contributed by atoms with Crippen LogP contribution >= 0.6 is 11.3 Å². The lowest BCUT2D eigenvalue weighted by atomic mass is 10.0. The van der Waals surface area contributed by atoms with E-state index in [0.717, 1.165) is 21.8 Å². The quantitative estimate of drug-likeness (QED) is 0.524. The molecule has 2 aromatic carbocycles. The minimum atomic E-state index is -0.243. The third kappa shape index (κ3) is 5.95. The minimum absolute atomic E-state index is 0.0504. The summed E-state index contributed by atoms with van der Waals surface area (Å²) in [4.78, 5) is 31.7. The summed E-state index contributed by atoms with van der Waals surface area (Å²) in [6, 6.07) is 17.4. The van der Waals surface area contributed by atoms with Crippen molar-refractivity contribution in [3.63, 3.8) is 0 Å². The van der Waals surface area contributed by atoms with Gasteiger partial charge in [-0.3, -0.25) is 9.59 Å². The number of likely N-dealkylation sites (N-methyl/N-ethyl adjacent to an activating group) is 1. The SMILES string of the molecule is CCC(NC(=O)c1sc(Cc2ccccc2)nc1C)c1ccccc1OCC(=O)N(C)C. The Balaban J connectivity index is 1.74. The van der Waals surface area contributed by atoms with Crippen molar-refractivity contribution >= 4 is 23.2 Å². The number of thiazole rings is 1. The molecule has 1 unspecified atom stereocenters. The first-order chi connectivity index (χ1) is 15.4. The monoisotopic (exact) mass is 451 g/mol. The van der Waals surface area contributed by atoms with Gasteiger partial charge in [0.15, 0.2) is 6.61 Å². The van der Waals surface area contributed by atoms with Crippen LogP contribution in [-0.2, 0) is 11.2 Å². The molecule has 3 aromatic rings. The number of para-hydroxylation sites is 1. The number of carbonyl (C=O) groups is 2. The highest BCUT2D eigenvalue weighted by Crippen LogP contribution is 2.29. The summed E-state index contributed by atoms with van der Waals surface area (Å²) in [5.74, 6) is 0.328. The molecule has 0 aliphatic carbocycles. The number of ether oxygens (including phenoxy) is 1. The van der Waals surface area contributed by atoms with Crippen molar-refractivity contribution in [1.29, 1.82) is 0 Å². The van der Waals surface area contributed by atoms with Crippen LogP contribution in [0.25, 0.3) is 0 Å². The molecule has 0 fully saturated rings. The van der Waals surface area contributed by atoms with Gasteiger partial charge >= 0.3 is 0 Å². The molecule has 32 heavy (non-hydrogen) atoms. The van der Waals surface area contributed by atoms with Crippen molar-refractivity contribution in [3.05, 3.63) is 81.3 Å². The second kappa shape index (κ2) is 10.9. The van der Waals surface area contributed by atoms with Gasteiger partial charge in [-0.1, -0.05) is 55.5 Å². The Morgan fingerprint density at radius 1 is 1.09 bits per heavy atom. The molecule has 2 amide bonds. The van der Waals surface area contributed by atoms with Crippen molar-refractivity contribution in [2.24, 2.45) is 0 Å². The van der Waals surface area contributed by atoms with Gasteiger partial charge in [0, 0.05) is 26.1 Å². The van der Waals surface area contributed by atoms with E-state index in [1.807, 2.05) is 56.3 Å². The highest BCUT2D eigenvalue weighted by atomic mass is 32.1. The molecule has 1 atom stereocenters. The Hall–Kier alpha value is -3.19. The average molecular weight is 452 g/mol. The molecule has 3 rings (SSSR count). The van der Waals surface area contributed by atoms with E-state index in [0.29, 0.717) is 23.5 Å². The van der Waals surface area contributed by atoms with E-state index in [2.05, 4.69) is 22.4 Å². The molecule has 0 aliphatic heterocycles. The molecule has 0 bridgehead atoms. The van der Waals surface area contributed by atoms with Gasteiger partial charge in [0.25, 0.3) is 11.8 Å². The molecule has 1 heterocycles. The zero-order valence-corrected chi connectivity index (χ0v) is 19.7. The number of hydrogen-bond acceptors (Lipinski definition) is 5. The maximum Gasteiger partial charge on any atom is 0.263 e. The first kappa shape index (κ1) is 23.5. The van der Waals surface area contributed by atoms with Crippen molar-refractivity contribution in [3.8, 4) is 5.75 Å². The number of aromatic nitrogens is 1. The zero-order chi connectivity index (χ0) is 23.1. The predicted octanol–water partition coefficient (Wildman–Crippen LogP) is 4.39. The number of hydrogen-bond donors (Lipinski definition) is 1. The smallest absolute Gasteiger partial charge is 0.263 e. The first-order valence-corrected chi connectivity index (χ1v) is 11.4. The van der Waals surface area contributed by atoms with E-state index in [4.69, 9.17) is 4.74 Å². The lowest BCUT2D eigenvalue weighted by Gasteiger charge is -2.21. The Morgan fingerprint density at radius 3 is 2.47 bits per heavy atom. The molecule has 6 nitrogen and oxygen atoms in total. The van der Waals surface area contributed by atoms with Gasteiger partial charge in [-0.05, 0) is 25.0 Å². The van der Waals surface area contributed by atoms with Crippen LogP contribution in [0, 0.1) is 6.92 Å². The molecule has 0 saturated heterocycles. The fraction of sp³-hybridized carbons (Fsp3) is 0.320. The lowest BCUT2D eigenvalue weighted by molar-refractivity contribution is -0.130. The van der Waals surface area contributed by atoms with Crippen molar-refractivity contribution in [1.82, 2.24) is 15.2 Å². The fourth-order valence-corrected chi connectivity index (χ4v) is 4.30. The standard InChI is InChI=1S/C25H29N3O3S/c1-5-20(19-13-9-10-14-21(19)31-16-23(29)28(3)4)27-25(30)24-17(2)26-22(32-24)15-18-11-7-6-8-12-18/h6-14,20H,5,15-16H2,1-4H3,(H,27,30). The normalized spacial score (nSPS) is 11.6. The third-order valence-electron chi connectivity index (χ3n) is 5.10. The first-order valence-electron chi connectivity index (χ1n) is 10.6. The summed E-state index contributed by atoms with van der Waals surface area (Å²) < 4.78 is 5.77. The van der Waals surface area contributed by atoms with Crippen LogP contribution in [-0.4, -0.2) is 42.4 Å². The van der Waals surface area contributed by atoms with Gasteiger partial charge in [0.05, 0.1) is 16.7 Å². The van der Waals surface area contributed by atoms with Crippen LogP contribution in [0.15, 0.2) is 54.6 Å². The topological polar surface area (TPSA) is 71.5 Å². The summed E-state index contributed by atoms with van der Waals surface area (Å²) in [5, 5.41) is 4.04. The molecule has 1 aromatic heterocycles. The van der Waals surface area contributed by atoms with E-state index in [1.54, 1.807) is 14.1 Å². The lowest BCUT2D eigenvalue weighted by Crippen LogP contribution is -2.30. The van der Waals surface area contributed by atoms with E-state index in [-0.39, 0.29) is 24.5 Å². The molecule has 168 valence electrons. The Kier molecular flexibility index (Phi) is 8.00. The number of aryl methyl sites for hydroxylation is 1. The number of rotatable bonds is 9. The van der Waals surface area contributed by atoms with Crippen LogP contribution in [0.5, 0.6) is 5.75 Å². The van der Waals surface area contributed by atoms with Gasteiger partial charge in [0.1, 0.15) is 10.6 Å². The van der Waals surface area contributed by atoms with Gasteiger partial charge in [-0.2, -0.15) is 0 Å². The van der Waals surface area contributed by atoms with E-state index >= 15 is 0 Å². The summed E-state index contributed by atoms with van der Waals surface area (Å²) in [5.41, 5.74) is 2.74. The van der Waals surface area contributed by atoms with Gasteiger partial charge in [-0.15, -0.1) is 11.3 Å². The third-order valence-corrected chi connectivity index (χ3v) is 6.26. The number of amides is 2. The highest BCUT2D eigenvalue weighted by Gasteiger charge is 2.22. The van der Waals surface area contributed by atoms with Crippen LogP contribution in [0.2, 0.25) is 0 Å². The maximum atomic E-state index is 13.1. The summed E-state index contributed by atoms with van der Waals surface area (Å²) in [7, 11) is 3.38. The minimum Gasteiger partial charge on any atom is -0.483 e. The van der Waals surface area contributed by atoms with Crippen LogP contribution < -0.4 is 10.1 Å². The van der Waals surface area contributed by atoms with Gasteiger partial charge in [0.2, 0.25) is 0 Å². The fourth-order valence-electron chi connectivity index (χ4n) is 3.30. The second-order valence-electron chi connectivity index (χ2n) is 7.73. The Morgan fingerprint density at radius 2 is 1.78 bits per heavy atom. The molecule has 0 saturated carbocycles. The van der Waals surface area contributed by atoms with Crippen LogP contribution in [0.3, 0.4) is 0 Å². The Labute approximate surface area is 193 Å². The molecule has 0 radical (unpaired) electrons. The number of nitrogens with zero attached hydrogens (tertiary/aromatic N) is 2. The number of benzene rings is 2. The highest BCUT2D eigenvalue weighted by molar-refractivity contribution is 7.13. The van der Waals surface area contributed by atoms with Gasteiger partial charge in [-0.25, -0.2) is 4.98 Å². The van der Waals surface area contributed by atoms with E-state index in [1.165, 1.54) is 16.2 Å². The Bertz CT molecular complexity index is 1060. The summed E-state index contributed by atoms with van der Waals surface area (Å²) in [6.45, 7) is 3.82. The number of carbonyl (C=O) groups excluding carboxylic acids is 2. The molecule has 1 N–H and O–H groups in total. The number of nitrogens with one attached hydrogen (secondary N) is 1. The van der Waals surface area contributed by atoms with Crippen molar-refractivity contribution in [2.75, 3.05) is 20.7 Å². The second-order valence-corrected chi connectivity index (χ2v) is 8.82. The predicted molar refractivity (Wildman–Crippen MR) is 127 cm³/mol. The van der Waals surface area contributed by atoms with Crippen LogP contribution in [0.4, 0.5) is 0 Å². The molecule has 0 spiro atoms. The summed E-state index contributed by atoms with van der Waals surface area (Å²) in [6.07, 6.45) is 1.38. The summed E-state index contributed by atoms with van der Waals surface area (Å²) >= 11 is 1.43. The largest absolute Gasteiger partial charge is 0.483 e. The zero-order valence-electron chi connectivity index (χ0n) is 18.9. The molecular formula is C25H29N3O3S. The average Bonchev–Trinajstić information content (AvgIpc) is 3.16.